The number of hydrogen-bond acceptors (Lipinski definition) is 7. The first-order chi connectivity index (χ1) is 11.2. The fraction of sp³-hybridized carbons (Fsp3) is 0. The third-order valence-corrected chi connectivity index (χ3v) is 4.60. The summed E-state index contributed by atoms with van der Waals surface area (Å²) in [4.78, 5) is 49.7. The number of amides is 2. The Bertz CT molecular complexity index is 994. The minimum atomic E-state index is -3.52. The second-order valence-corrected chi connectivity index (χ2v) is 6.52. The Balaban J connectivity index is 1.96. The quantitative estimate of drug-likeness (QED) is 0.389. The summed E-state index contributed by atoms with van der Waals surface area (Å²) in [5, 5.41) is 11.8. The van der Waals surface area contributed by atoms with Gasteiger partial charge in [0.15, 0.2) is 5.56 Å². The monoisotopic (exact) mass is 354 g/mol. The summed E-state index contributed by atoms with van der Waals surface area (Å²) in [5.74, 6) is -2.63. The van der Waals surface area contributed by atoms with E-state index in [1.54, 1.807) is 4.98 Å². The average Bonchev–Trinajstić information content (AvgIpc) is 2.67. The number of anilines is 1. The van der Waals surface area contributed by atoms with Gasteiger partial charge in [-0.05, 0) is 18.2 Å². The van der Waals surface area contributed by atoms with Crippen molar-refractivity contribution in [2.75, 3.05) is 5.32 Å². The number of rotatable bonds is 2. The summed E-state index contributed by atoms with van der Waals surface area (Å²) in [6.45, 7) is 0. The molecule has 0 saturated heterocycles. The third kappa shape index (κ3) is 2.54. The summed E-state index contributed by atoms with van der Waals surface area (Å²) >= 11 is 0. The van der Waals surface area contributed by atoms with Crippen LogP contribution in [0.2, 0.25) is 0 Å². The molecule has 0 radical (unpaired) electrons. The molecule has 0 unspecified atom stereocenters. The molecule has 1 aromatic carbocycles. The van der Waals surface area contributed by atoms with E-state index in [0.717, 1.165) is 6.07 Å². The van der Waals surface area contributed by atoms with Crippen LogP contribution in [0.3, 0.4) is 0 Å². The molecule has 1 aliphatic heterocycles. The molecule has 24 heavy (non-hydrogen) atoms. The van der Waals surface area contributed by atoms with E-state index in [0.29, 0.717) is 0 Å². The van der Waals surface area contributed by atoms with Crippen molar-refractivity contribution >= 4 is 28.3 Å². The zero-order chi connectivity index (χ0) is 17.6. The lowest BCUT2D eigenvalue weighted by Crippen LogP contribution is -2.30. The highest BCUT2D eigenvalue weighted by atomic mass is 32.3. The molecule has 1 aromatic heterocycles. The highest BCUT2D eigenvalue weighted by Gasteiger charge is 2.33. The fourth-order valence-electron chi connectivity index (χ4n) is 2.14. The van der Waals surface area contributed by atoms with Gasteiger partial charge in [-0.15, -0.1) is 0 Å². The van der Waals surface area contributed by atoms with E-state index in [4.69, 9.17) is 0 Å². The topological polar surface area (TPSA) is 185 Å². The summed E-state index contributed by atoms with van der Waals surface area (Å²) in [5.41, 5.74) is -2.73. The van der Waals surface area contributed by atoms with Gasteiger partial charge in [-0.1, -0.05) is 10.8 Å². The number of aromatic nitrogens is 2. The highest BCUT2D eigenvalue weighted by molar-refractivity contribution is 8.23. The van der Waals surface area contributed by atoms with Crippen molar-refractivity contribution in [3.8, 4) is 5.88 Å². The summed E-state index contributed by atoms with van der Waals surface area (Å²) in [7, 11) is -3.52. The van der Waals surface area contributed by atoms with Gasteiger partial charge in [0.1, 0.15) is 0 Å². The van der Waals surface area contributed by atoms with Crippen LogP contribution in [0.15, 0.2) is 32.7 Å². The molecule has 12 heteroatoms. The number of aromatic hydroxyl groups is 1. The zero-order valence-electron chi connectivity index (χ0n) is 11.6. The van der Waals surface area contributed by atoms with Crippen LogP contribution in [0.1, 0.15) is 20.7 Å². The molecule has 126 valence electrons. The second-order valence-electron chi connectivity index (χ2n) is 4.78. The zero-order valence-corrected chi connectivity index (χ0v) is 12.4. The van der Waals surface area contributed by atoms with Crippen molar-refractivity contribution in [3.05, 3.63) is 50.2 Å². The van der Waals surface area contributed by atoms with Crippen molar-refractivity contribution in [2.45, 2.75) is 4.90 Å². The van der Waals surface area contributed by atoms with E-state index in [1.165, 1.54) is 12.1 Å². The van der Waals surface area contributed by atoms with Crippen LogP contribution in [-0.4, -0.2) is 36.0 Å². The van der Waals surface area contributed by atoms with E-state index in [9.17, 15) is 33.4 Å². The van der Waals surface area contributed by atoms with Crippen molar-refractivity contribution < 1.29 is 23.8 Å². The Morgan fingerprint density at radius 3 is 2.50 bits per heavy atom. The first-order valence-corrected chi connectivity index (χ1v) is 7.85. The first-order valence-electron chi connectivity index (χ1n) is 6.30. The maximum atomic E-state index is 12.1. The number of benzene rings is 1. The Labute approximate surface area is 133 Å². The van der Waals surface area contributed by atoms with Gasteiger partial charge >= 0.3 is 5.69 Å². The van der Waals surface area contributed by atoms with E-state index in [2.05, 4.69) is 5.32 Å². The van der Waals surface area contributed by atoms with Gasteiger partial charge < -0.3 is 10.4 Å². The van der Waals surface area contributed by atoms with Crippen LogP contribution in [-0.2, 0) is 0 Å². The van der Waals surface area contributed by atoms with E-state index in [-0.39, 0.29) is 16.1 Å². The smallest absolute Gasteiger partial charge is 0.328 e. The van der Waals surface area contributed by atoms with Crippen molar-refractivity contribution in [2.24, 2.45) is 0 Å². The number of carbonyl (C=O) groups is 2. The van der Waals surface area contributed by atoms with Gasteiger partial charge in [-0.3, -0.25) is 33.5 Å². The van der Waals surface area contributed by atoms with Crippen LogP contribution in [0.25, 0.3) is 0 Å². The molecule has 0 saturated carbocycles. The predicted molar refractivity (Wildman–Crippen MR) is 82.3 cm³/mol. The molecule has 0 fully saturated rings. The van der Waals surface area contributed by atoms with E-state index < -0.39 is 45.3 Å². The number of H-pyrrole nitrogens is 2. The number of nitrogens with one attached hydrogen (secondary N) is 4. The van der Waals surface area contributed by atoms with Crippen molar-refractivity contribution in [1.82, 2.24) is 14.7 Å². The van der Waals surface area contributed by atoms with Crippen LogP contribution in [0.5, 0.6) is 5.88 Å². The van der Waals surface area contributed by atoms with Gasteiger partial charge in [0.25, 0.3) is 17.4 Å². The molecule has 2 heterocycles. The van der Waals surface area contributed by atoms with Gasteiger partial charge in [0.05, 0.1) is 10.5 Å². The van der Waals surface area contributed by atoms with Crippen LogP contribution in [0, 0.1) is 0 Å². The summed E-state index contributed by atoms with van der Waals surface area (Å²) in [6.07, 6.45) is 0. The number of carbonyl (C=O) groups excluding carboxylic acids is 2. The minimum absolute atomic E-state index is 0.0396. The molecule has 7 N–H and O–H groups in total. The van der Waals surface area contributed by atoms with Crippen LogP contribution in [0.4, 0.5) is 5.69 Å². The summed E-state index contributed by atoms with van der Waals surface area (Å²) in [6, 6.07) is 3.71. The van der Waals surface area contributed by atoms with Gasteiger partial charge in [-0.2, -0.15) is 0 Å². The van der Waals surface area contributed by atoms with Crippen LogP contribution >= 0.6 is 10.8 Å². The molecule has 2 aromatic rings. The van der Waals surface area contributed by atoms with Gasteiger partial charge in [-0.25, -0.2) is 9.52 Å². The Morgan fingerprint density at radius 1 is 1.12 bits per heavy atom. The fourth-order valence-corrected chi connectivity index (χ4v) is 3.38. The lowest BCUT2D eigenvalue weighted by Gasteiger charge is -2.26. The predicted octanol–water partition coefficient (Wildman–Crippen LogP) is -0.211. The lowest BCUT2D eigenvalue weighted by atomic mass is 10.2. The van der Waals surface area contributed by atoms with Crippen molar-refractivity contribution in [3.63, 3.8) is 0 Å². The molecule has 0 aliphatic carbocycles. The molecule has 11 nitrogen and oxygen atoms in total. The molecule has 1 aliphatic rings. The Hall–Kier alpha value is -3.09. The number of aromatic amines is 2. The Morgan fingerprint density at radius 2 is 1.83 bits per heavy atom. The highest BCUT2D eigenvalue weighted by Crippen LogP contribution is 2.51. The van der Waals surface area contributed by atoms with E-state index in [1.807, 2.05) is 9.71 Å². The second kappa shape index (κ2) is 5.23. The van der Waals surface area contributed by atoms with Crippen LogP contribution < -0.4 is 21.3 Å². The van der Waals surface area contributed by atoms with Gasteiger partial charge in [0.2, 0.25) is 5.88 Å². The van der Waals surface area contributed by atoms with Crippen molar-refractivity contribution in [1.29, 1.82) is 0 Å². The largest absolute Gasteiger partial charge is 0.494 e. The summed E-state index contributed by atoms with van der Waals surface area (Å²) < 4.78 is 21.5. The molecule has 0 atom stereocenters. The van der Waals surface area contributed by atoms with E-state index >= 15 is 0 Å². The average molecular weight is 354 g/mol. The standard InChI is InChI=1S/C12H10N4O7S/c17-8-5-2-1-4(3-6(5)24(22,23)16-8)13-9(18)7-10(19)14-12(21)15-11(7)20/h1-3,22-23H,(H,13,18)(H,16,17)(H3,14,15,19,20,21). The normalized spacial score (nSPS) is 16.2. The number of fused-ring (bicyclic) bond motifs is 1. The molecular weight excluding hydrogens is 344 g/mol. The van der Waals surface area contributed by atoms with Gasteiger partial charge in [0, 0.05) is 5.69 Å². The molecular formula is C12H10N4O7S. The lowest BCUT2D eigenvalue weighted by molar-refractivity contribution is 0.0981. The molecule has 3 rings (SSSR count). The number of hydrogen-bond donors (Lipinski definition) is 7. The molecule has 0 spiro atoms. The molecule has 0 bridgehead atoms. The maximum absolute atomic E-state index is 12.1. The first kappa shape index (κ1) is 15.8. The SMILES string of the molecule is O=C1NS(O)(O)c2cc(NC(=O)c3c(O)[nH]c(=O)[nH]c3=O)ccc21. The molecule has 2 amide bonds. The minimum Gasteiger partial charge on any atom is -0.494 e. The third-order valence-electron chi connectivity index (χ3n) is 3.18. The maximum Gasteiger partial charge on any atom is 0.328 e. The Kier molecular flexibility index (Phi) is 3.44.